The molecular weight excluding hydrogens is 262 g/mol. The number of aromatic nitrogens is 2. The van der Waals surface area contributed by atoms with Crippen LogP contribution in [-0.2, 0) is 0 Å². The van der Waals surface area contributed by atoms with Crippen LogP contribution < -0.4 is 4.90 Å². The molecule has 19 heavy (non-hydrogen) atoms. The summed E-state index contributed by atoms with van der Waals surface area (Å²) < 4.78 is 0. The van der Waals surface area contributed by atoms with Crippen molar-refractivity contribution < 1.29 is 4.79 Å². The molecule has 106 valence electrons. The van der Waals surface area contributed by atoms with Gasteiger partial charge in [-0.1, -0.05) is 31.9 Å². The number of nitrogens with zero attached hydrogens (tertiary/aromatic N) is 3. The van der Waals surface area contributed by atoms with Crippen LogP contribution in [0.2, 0.25) is 5.15 Å². The summed E-state index contributed by atoms with van der Waals surface area (Å²) in [6.45, 7) is 9.07. The molecule has 0 aliphatic rings. The summed E-state index contributed by atoms with van der Waals surface area (Å²) in [5.41, 5.74) is 0.392. The molecule has 0 aromatic carbocycles. The molecule has 5 heteroatoms. The first-order chi connectivity index (χ1) is 9.04. The van der Waals surface area contributed by atoms with E-state index >= 15 is 0 Å². The smallest absolute Gasteiger partial charge is 0.156 e. The first kappa shape index (κ1) is 15.9. The second-order valence-corrected chi connectivity index (χ2v) is 5.08. The quantitative estimate of drug-likeness (QED) is 0.566. The lowest BCUT2D eigenvalue weighted by molar-refractivity contribution is 0.112. The summed E-state index contributed by atoms with van der Waals surface area (Å²) in [6, 6.07) is 0.315. The maximum absolute atomic E-state index is 11.3. The fourth-order valence-corrected chi connectivity index (χ4v) is 2.19. The minimum absolute atomic E-state index is 0.238. The molecule has 0 spiro atoms. The molecule has 0 aliphatic carbocycles. The number of hydrogen-bond donors (Lipinski definition) is 0. The van der Waals surface area contributed by atoms with Gasteiger partial charge in [0.15, 0.2) is 6.29 Å². The van der Waals surface area contributed by atoms with Gasteiger partial charge < -0.3 is 4.90 Å². The Morgan fingerprint density at radius 3 is 2.58 bits per heavy atom. The third-order valence-electron chi connectivity index (χ3n) is 3.26. The number of anilines is 1. The Morgan fingerprint density at radius 1 is 1.37 bits per heavy atom. The monoisotopic (exact) mass is 283 g/mol. The van der Waals surface area contributed by atoms with Gasteiger partial charge in [-0.05, 0) is 26.7 Å². The number of carbonyl (C=O) groups is 1. The first-order valence-electron chi connectivity index (χ1n) is 6.81. The molecule has 0 amide bonds. The van der Waals surface area contributed by atoms with Crippen LogP contribution in [-0.4, -0.2) is 28.8 Å². The van der Waals surface area contributed by atoms with Crippen molar-refractivity contribution in [3.63, 3.8) is 0 Å². The maximum Gasteiger partial charge on any atom is 0.156 e. The van der Waals surface area contributed by atoms with E-state index in [2.05, 4.69) is 35.6 Å². The van der Waals surface area contributed by atoms with Crippen molar-refractivity contribution in [1.29, 1.82) is 0 Å². The van der Waals surface area contributed by atoms with Crippen LogP contribution in [0.5, 0.6) is 0 Å². The minimum Gasteiger partial charge on any atom is -0.353 e. The molecule has 0 aliphatic heterocycles. The lowest BCUT2D eigenvalue weighted by atomic mass is 10.1. The zero-order valence-corrected chi connectivity index (χ0v) is 12.9. The molecule has 1 rings (SSSR count). The summed E-state index contributed by atoms with van der Waals surface area (Å²) in [5, 5.41) is 0.238. The highest BCUT2D eigenvalue weighted by Gasteiger charge is 2.20. The lowest BCUT2D eigenvalue weighted by Gasteiger charge is -2.30. The molecule has 1 aromatic rings. The molecule has 0 saturated heterocycles. The van der Waals surface area contributed by atoms with Gasteiger partial charge in [0.2, 0.25) is 0 Å². The Bertz CT molecular complexity index is 437. The molecule has 0 bridgehead atoms. The van der Waals surface area contributed by atoms with Crippen LogP contribution in [0, 0.1) is 6.92 Å². The molecule has 1 atom stereocenters. The van der Waals surface area contributed by atoms with Crippen LogP contribution in [0.4, 0.5) is 5.82 Å². The van der Waals surface area contributed by atoms with Crippen molar-refractivity contribution in [3.05, 3.63) is 16.5 Å². The van der Waals surface area contributed by atoms with E-state index in [1.165, 1.54) is 0 Å². The van der Waals surface area contributed by atoms with Crippen LogP contribution in [0.3, 0.4) is 0 Å². The van der Waals surface area contributed by atoms with E-state index in [4.69, 9.17) is 11.6 Å². The predicted octanol–water partition coefficient (Wildman–Crippen LogP) is 3.66. The Morgan fingerprint density at radius 2 is 2.05 bits per heavy atom. The molecule has 1 unspecified atom stereocenters. The van der Waals surface area contributed by atoms with Crippen molar-refractivity contribution in [2.24, 2.45) is 0 Å². The molecule has 1 aromatic heterocycles. The number of carbonyl (C=O) groups excluding carboxylic acids is 1. The van der Waals surface area contributed by atoms with E-state index in [9.17, 15) is 4.79 Å². The Kier molecular flexibility index (Phi) is 6.22. The summed E-state index contributed by atoms with van der Waals surface area (Å²) in [7, 11) is 0. The van der Waals surface area contributed by atoms with Gasteiger partial charge in [0.25, 0.3) is 0 Å². The minimum atomic E-state index is 0.238. The van der Waals surface area contributed by atoms with E-state index in [1.54, 1.807) is 6.92 Å². The van der Waals surface area contributed by atoms with Gasteiger partial charge in [0.1, 0.15) is 16.8 Å². The summed E-state index contributed by atoms with van der Waals surface area (Å²) in [6.07, 6.45) is 3.89. The van der Waals surface area contributed by atoms with Crippen molar-refractivity contribution in [2.45, 2.75) is 53.0 Å². The molecule has 0 saturated carbocycles. The van der Waals surface area contributed by atoms with E-state index in [0.29, 0.717) is 23.2 Å². The highest BCUT2D eigenvalue weighted by Crippen LogP contribution is 2.25. The lowest BCUT2D eigenvalue weighted by Crippen LogP contribution is -2.35. The van der Waals surface area contributed by atoms with Gasteiger partial charge in [-0.25, -0.2) is 9.97 Å². The zero-order chi connectivity index (χ0) is 14.4. The van der Waals surface area contributed by atoms with Gasteiger partial charge >= 0.3 is 0 Å². The van der Waals surface area contributed by atoms with E-state index < -0.39 is 0 Å². The number of halogens is 1. The summed E-state index contributed by atoms with van der Waals surface area (Å²) >= 11 is 6.05. The maximum atomic E-state index is 11.3. The number of aryl methyl sites for hydroxylation is 1. The highest BCUT2D eigenvalue weighted by atomic mass is 35.5. The third-order valence-corrected chi connectivity index (χ3v) is 3.54. The average molecular weight is 284 g/mol. The number of unbranched alkanes of at least 4 members (excludes halogenated alkanes) is 1. The van der Waals surface area contributed by atoms with Gasteiger partial charge in [0.05, 0.1) is 5.56 Å². The van der Waals surface area contributed by atoms with Gasteiger partial charge in [-0.3, -0.25) is 4.79 Å². The number of rotatable bonds is 7. The van der Waals surface area contributed by atoms with Crippen LogP contribution in [0.25, 0.3) is 0 Å². The predicted molar refractivity (Wildman–Crippen MR) is 79.2 cm³/mol. The second kappa shape index (κ2) is 7.43. The van der Waals surface area contributed by atoms with Gasteiger partial charge in [-0.2, -0.15) is 0 Å². The van der Waals surface area contributed by atoms with Crippen molar-refractivity contribution in [2.75, 3.05) is 11.4 Å². The van der Waals surface area contributed by atoms with Crippen LogP contribution in [0.15, 0.2) is 0 Å². The topological polar surface area (TPSA) is 46.1 Å². The Hall–Kier alpha value is -1.16. The molecule has 0 N–H and O–H groups in total. The number of hydrogen-bond acceptors (Lipinski definition) is 4. The van der Waals surface area contributed by atoms with Crippen molar-refractivity contribution >= 4 is 23.7 Å². The van der Waals surface area contributed by atoms with Gasteiger partial charge in [0, 0.05) is 12.6 Å². The molecule has 0 fully saturated rings. The summed E-state index contributed by atoms with van der Waals surface area (Å²) in [4.78, 5) is 21.9. The largest absolute Gasteiger partial charge is 0.353 e. The Balaban J connectivity index is 3.23. The van der Waals surface area contributed by atoms with Crippen molar-refractivity contribution in [1.82, 2.24) is 9.97 Å². The fourth-order valence-electron chi connectivity index (χ4n) is 1.94. The molecule has 4 nitrogen and oxygen atoms in total. The van der Waals surface area contributed by atoms with E-state index in [0.717, 1.165) is 32.1 Å². The molecular formula is C14H22ClN3O. The zero-order valence-electron chi connectivity index (χ0n) is 12.1. The fraction of sp³-hybridized carbons (Fsp3) is 0.643. The van der Waals surface area contributed by atoms with Crippen molar-refractivity contribution in [3.8, 4) is 0 Å². The van der Waals surface area contributed by atoms with Crippen LogP contribution >= 0.6 is 11.6 Å². The van der Waals surface area contributed by atoms with Crippen LogP contribution in [0.1, 0.15) is 56.2 Å². The van der Waals surface area contributed by atoms with E-state index in [1.807, 2.05) is 0 Å². The third kappa shape index (κ3) is 3.90. The molecule has 1 heterocycles. The Labute approximate surface area is 120 Å². The second-order valence-electron chi connectivity index (χ2n) is 4.72. The molecule has 0 radical (unpaired) electrons. The normalized spacial score (nSPS) is 12.3. The first-order valence-corrected chi connectivity index (χ1v) is 7.18. The SMILES string of the molecule is CCCCN(c1nc(C)nc(Cl)c1C=O)C(C)CC. The number of aldehydes is 1. The highest BCUT2D eigenvalue weighted by molar-refractivity contribution is 6.32. The van der Waals surface area contributed by atoms with E-state index in [-0.39, 0.29) is 5.15 Å². The summed E-state index contributed by atoms with van der Waals surface area (Å²) in [5.74, 6) is 1.26. The average Bonchev–Trinajstić information content (AvgIpc) is 2.38. The van der Waals surface area contributed by atoms with Gasteiger partial charge in [-0.15, -0.1) is 0 Å². The standard InChI is InChI=1S/C14H22ClN3O/c1-5-7-8-18(10(3)6-2)14-12(9-19)13(15)16-11(4)17-14/h9-10H,5-8H2,1-4H3.